The smallest absolute Gasteiger partial charge is 0.119 e. The van der Waals surface area contributed by atoms with Crippen LogP contribution in [-0.2, 0) is 19.4 Å². The van der Waals surface area contributed by atoms with Crippen LogP contribution in [0.1, 0.15) is 28.8 Å². The molecular formula is C17H20ClNOS. The summed E-state index contributed by atoms with van der Waals surface area (Å²) in [6.07, 6.45) is 5.05. The van der Waals surface area contributed by atoms with E-state index in [1.807, 2.05) is 6.07 Å². The number of hydrogen-bond donors (Lipinski definition) is 1. The van der Waals surface area contributed by atoms with Crippen LogP contribution in [0.2, 0.25) is 4.34 Å². The van der Waals surface area contributed by atoms with Gasteiger partial charge in [0.05, 0.1) is 4.34 Å². The molecule has 4 heteroatoms. The lowest BCUT2D eigenvalue weighted by Crippen LogP contribution is -2.20. The number of benzene rings is 1. The molecule has 1 aliphatic rings. The Hall–Kier alpha value is -1.03. The van der Waals surface area contributed by atoms with E-state index in [1.165, 1.54) is 41.7 Å². The second-order valence-electron chi connectivity index (χ2n) is 5.37. The number of nitrogens with one attached hydrogen (secondary N) is 1. The fraction of sp³-hybridized carbons (Fsp3) is 0.412. The highest BCUT2D eigenvalue weighted by molar-refractivity contribution is 7.16. The molecule has 0 spiro atoms. The summed E-state index contributed by atoms with van der Waals surface area (Å²) in [5.74, 6) is 0.997. The average Bonchev–Trinajstić information content (AvgIpc) is 2.92. The van der Waals surface area contributed by atoms with Crippen LogP contribution in [0, 0.1) is 0 Å². The SMILES string of the molecule is Clc1ccc(CNCCOc2ccc3c(c2)CCCC3)s1. The van der Waals surface area contributed by atoms with Crippen LogP contribution < -0.4 is 10.1 Å². The van der Waals surface area contributed by atoms with Crippen molar-refractivity contribution in [2.45, 2.75) is 32.2 Å². The van der Waals surface area contributed by atoms with Gasteiger partial charge in [0.2, 0.25) is 0 Å². The lowest BCUT2D eigenvalue weighted by Gasteiger charge is -2.16. The molecule has 0 unspecified atom stereocenters. The Bertz CT molecular complexity index is 596. The molecule has 1 aromatic heterocycles. The molecule has 1 aromatic carbocycles. The van der Waals surface area contributed by atoms with Gasteiger partial charge in [0.1, 0.15) is 12.4 Å². The zero-order valence-corrected chi connectivity index (χ0v) is 13.6. The molecule has 1 N–H and O–H groups in total. The van der Waals surface area contributed by atoms with Gasteiger partial charge in [0.15, 0.2) is 0 Å². The van der Waals surface area contributed by atoms with Crippen molar-refractivity contribution in [1.29, 1.82) is 0 Å². The molecule has 0 fully saturated rings. The number of aryl methyl sites for hydroxylation is 2. The Morgan fingerprint density at radius 3 is 2.76 bits per heavy atom. The number of hydrogen-bond acceptors (Lipinski definition) is 3. The number of thiophene rings is 1. The molecule has 0 atom stereocenters. The molecule has 0 aliphatic heterocycles. The Labute approximate surface area is 135 Å². The predicted molar refractivity (Wildman–Crippen MR) is 89.6 cm³/mol. The normalized spacial score (nSPS) is 14.0. The number of fused-ring (bicyclic) bond motifs is 1. The van der Waals surface area contributed by atoms with Gasteiger partial charge in [-0.15, -0.1) is 11.3 Å². The first kappa shape index (κ1) is 14.9. The first-order chi connectivity index (χ1) is 10.3. The summed E-state index contributed by atoms with van der Waals surface area (Å²) in [4.78, 5) is 1.26. The molecule has 1 aliphatic carbocycles. The second kappa shape index (κ2) is 7.30. The summed E-state index contributed by atoms with van der Waals surface area (Å²) in [5, 5.41) is 3.37. The highest BCUT2D eigenvalue weighted by atomic mass is 35.5. The van der Waals surface area contributed by atoms with Gasteiger partial charge < -0.3 is 10.1 Å². The maximum Gasteiger partial charge on any atom is 0.119 e. The van der Waals surface area contributed by atoms with Gasteiger partial charge in [-0.25, -0.2) is 0 Å². The van der Waals surface area contributed by atoms with Crippen molar-refractivity contribution in [1.82, 2.24) is 5.32 Å². The van der Waals surface area contributed by atoms with Crippen LogP contribution >= 0.6 is 22.9 Å². The summed E-state index contributed by atoms with van der Waals surface area (Å²) < 4.78 is 6.67. The van der Waals surface area contributed by atoms with Crippen LogP contribution in [0.15, 0.2) is 30.3 Å². The summed E-state index contributed by atoms with van der Waals surface area (Å²) >= 11 is 7.52. The Morgan fingerprint density at radius 1 is 1.10 bits per heavy atom. The molecule has 112 valence electrons. The zero-order valence-electron chi connectivity index (χ0n) is 12.0. The topological polar surface area (TPSA) is 21.3 Å². The Balaban J connectivity index is 1.41. The highest BCUT2D eigenvalue weighted by Crippen LogP contribution is 2.25. The molecule has 1 heterocycles. The Kier molecular flexibility index (Phi) is 5.17. The minimum absolute atomic E-state index is 0.692. The average molecular weight is 322 g/mol. The fourth-order valence-electron chi connectivity index (χ4n) is 2.70. The van der Waals surface area contributed by atoms with Crippen molar-refractivity contribution in [2.75, 3.05) is 13.2 Å². The molecule has 21 heavy (non-hydrogen) atoms. The summed E-state index contributed by atoms with van der Waals surface area (Å²) in [6.45, 7) is 2.38. The van der Waals surface area contributed by atoms with E-state index in [0.717, 1.165) is 23.2 Å². The van der Waals surface area contributed by atoms with Gasteiger partial charge in [0, 0.05) is 18.0 Å². The molecule has 0 bridgehead atoms. The van der Waals surface area contributed by atoms with Gasteiger partial charge in [-0.1, -0.05) is 17.7 Å². The first-order valence-corrected chi connectivity index (χ1v) is 8.70. The van der Waals surface area contributed by atoms with E-state index in [9.17, 15) is 0 Å². The molecule has 0 saturated heterocycles. The van der Waals surface area contributed by atoms with Gasteiger partial charge >= 0.3 is 0 Å². The Morgan fingerprint density at radius 2 is 1.95 bits per heavy atom. The molecule has 2 nitrogen and oxygen atoms in total. The van der Waals surface area contributed by atoms with Crippen molar-refractivity contribution >= 4 is 22.9 Å². The lowest BCUT2D eigenvalue weighted by molar-refractivity contribution is 0.313. The molecule has 0 radical (unpaired) electrons. The molecule has 3 rings (SSSR count). The third kappa shape index (κ3) is 4.22. The lowest BCUT2D eigenvalue weighted by atomic mass is 9.92. The minimum Gasteiger partial charge on any atom is -0.492 e. The van der Waals surface area contributed by atoms with E-state index in [4.69, 9.17) is 16.3 Å². The summed E-state index contributed by atoms with van der Waals surface area (Å²) in [7, 11) is 0. The number of rotatable bonds is 6. The van der Waals surface area contributed by atoms with E-state index in [0.29, 0.717) is 6.61 Å². The maximum atomic E-state index is 5.90. The van der Waals surface area contributed by atoms with Crippen molar-refractivity contribution < 1.29 is 4.74 Å². The summed E-state index contributed by atoms with van der Waals surface area (Å²) in [5.41, 5.74) is 2.97. The van der Waals surface area contributed by atoms with Crippen LogP contribution in [0.4, 0.5) is 0 Å². The van der Waals surface area contributed by atoms with Crippen LogP contribution in [0.3, 0.4) is 0 Å². The molecule has 0 amide bonds. The monoisotopic (exact) mass is 321 g/mol. The van der Waals surface area contributed by atoms with E-state index < -0.39 is 0 Å². The van der Waals surface area contributed by atoms with Gasteiger partial charge in [0.25, 0.3) is 0 Å². The standard InChI is InChI=1S/C17H20ClNOS/c18-17-8-7-16(21-17)12-19-9-10-20-15-6-5-13-3-1-2-4-14(13)11-15/h5-8,11,19H,1-4,9-10,12H2. The van der Waals surface area contributed by atoms with E-state index in [-0.39, 0.29) is 0 Å². The van der Waals surface area contributed by atoms with Crippen molar-refractivity contribution in [3.8, 4) is 5.75 Å². The number of halogens is 1. The number of ether oxygens (including phenoxy) is 1. The van der Waals surface area contributed by atoms with Crippen LogP contribution in [0.25, 0.3) is 0 Å². The van der Waals surface area contributed by atoms with Crippen molar-refractivity contribution in [2.24, 2.45) is 0 Å². The predicted octanol–water partition coefficient (Wildman–Crippen LogP) is 4.45. The van der Waals surface area contributed by atoms with E-state index in [1.54, 1.807) is 11.3 Å². The molecular weight excluding hydrogens is 302 g/mol. The van der Waals surface area contributed by atoms with Crippen LogP contribution in [-0.4, -0.2) is 13.2 Å². The van der Waals surface area contributed by atoms with Gasteiger partial charge in [-0.3, -0.25) is 0 Å². The van der Waals surface area contributed by atoms with Crippen LogP contribution in [0.5, 0.6) is 5.75 Å². The zero-order chi connectivity index (χ0) is 14.5. The molecule has 0 saturated carbocycles. The van der Waals surface area contributed by atoms with Crippen molar-refractivity contribution in [3.63, 3.8) is 0 Å². The van der Waals surface area contributed by atoms with E-state index in [2.05, 4.69) is 29.6 Å². The van der Waals surface area contributed by atoms with Gasteiger partial charge in [-0.05, 0) is 61.1 Å². The molecule has 2 aromatic rings. The largest absolute Gasteiger partial charge is 0.492 e. The summed E-state index contributed by atoms with van der Waals surface area (Å²) in [6, 6.07) is 10.5. The minimum atomic E-state index is 0.692. The van der Waals surface area contributed by atoms with E-state index >= 15 is 0 Å². The third-order valence-electron chi connectivity index (χ3n) is 3.80. The second-order valence-corrected chi connectivity index (χ2v) is 7.17. The van der Waals surface area contributed by atoms with Crippen molar-refractivity contribution in [3.05, 3.63) is 50.7 Å². The quantitative estimate of drug-likeness (QED) is 0.794. The third-order valence-corrected chi connectivity index (χ3v) is 5.03. The van der Waals surface area contributed by atoms with Gasteiger partial charge in [-0.2, -0.15) is 0 Å². The fourth-order valence-corrected chi connectivity index (χ4v) is 3.76. The first-order valence-electron chi connectivity index (χ1n) is 7.51. The highest BCUT2D eigenvalue weighted by Gasteiger charge is 2.09. The maximum absolute atomic E-state index is 5.90.